The standard InChI is InChI=1S/C16H31NO/c1-11(2)15-8-5-12(3)9-16(15)17-13-6-7-14(10-13)18-4/h11-17H,5-10H2,1-4H3. The van der Waals surface area contributed by atoms with E-state index in [0.29, 0.717) is 12.1 Å². The summed E-state index contributed by atoms with van der Waals surface area (Å²) in [6.45, 7) is 7.20. The van der Waals surface area contributed by atoms with Crippen LogP contribution in [0.25, 0.3) is 0 Å². The van der Waals surface area contributed by atoms with E-state index in [1.165, 1.54) is 38.5 Å². The van der Waals surface area contributed by atoms with Gasteiger partial charge in [-0.3, -0.25) is 0 Å². The fourth-order valence-corrected chi connectivity index (χ4v) is 4.00. The summed E-state index contributed by atoms with van der Waals surface area (Å²) in [5.74, 6) is 2.59. The molecule has 2 saturated carbocycles. The number of nitrogens with one attached hydrogen (secondary N) is 1. The Labute approximate surface area is 113 Å². The Morgan fingerprint density at radius 3 is 2.44 bits per heavy atom. The van der Waals surface area contributed by atoms with Gasteiger partial charge in [-0.15, -0.1) is 0 Å². The molecule has 0 amide bonds. The number of ether oxygens (including phenoxy) is 1. The van der Waals surface area contributed by atoms with Crippen LogP contribution in [0.15, 0.2) is 0 Å². The molecule has 18 heavy (non-hydrogen) atoms. The summed E-state index contributed by atoms with van der Waals surface area (Å²) in [7, 11) is 1.85. The van der Waals surface area contributed by atoms with Crippen LogP contribution in [0.3, 0.4) is 0 Å². The molecule has 0 radical (unpaired) electrons. The van der Waals surface area contributed by atoms with Crippen LogP contribution in [-0.4, -0.2) is 25.3 Å². The third-order valence-electron chi connectivity index (χ3n) is 5.19. The van der Waals surface area contributed by atoms with E-state index in [1.54, 1.807) is 0 Å². The second-order valence-corrected chi connectivity index (χ2v) is 6.97. The van der Waals surface area contributed by atoms with Crippen molar-refractivity contribution in [3.8, 4) is 0 Å². The van der Waals surface area contributed by atoms with Gasteiger partial charge in [0.2, 0.25) is 0 Å². The molecule has 0 aromatic carbocycles. The zero-order valence-corrected chi connectivity index (χ0v) is 12.6. The molecule has 0 heterocycles. The maximum atomic E-state index is 5.49. The summed E-state index contributed by atoms with van der Waals surface area (Å²) in [5.41, 5.74) is 0. The van der Waals surface area contributed by atoms with Gasteiger partial charge < -0.3 is 10.1 Å². The lowest BCUT2D eigenvalue weighted by Crippen LogP contribution is -2.46. The molecule has 0 aliphatic heterocycles. The molecule has 0 saturated heterocycles. The van der Waals surface area contributed by atoms with Gasteiger partial charge in [0.25, 0.3) is 0 Å². The van der Waals surface area contributed by atoms with Crippen LogP contribution in [0.2, 0.25) is 0 Å². The van der Waals surface area contributed by atoms with Gasteiger partial charge in [-0.05, 0) is 49.9 Å². The van der Waals surface area contributed by atoms with E-state index in [0.717, 1.165) is 23.8 Å². The van der Waals surface area contributed by atoms with E-state index in [9.17, 15) is 0 Å². The minimum absolute atomic E-state index is 0.501. The molecule has 2 aliphatic carbocycles. The summed E-state index contributed by atoms with van der Waals surface area (Å²) in [6, 6.07) is 1.45. The van der Waals surface area contributed by atoms with Crippen LogP contribution >= 0.6 is 0 Å². The van der Waals surface area contributed by atoms with E-state index < -0.39 is 0 Å². The molecule has 5 unspecified atom stereocenters. The lowest BCUT2D eigenvalue weighted by atomic mass is 9.74. The van der Waals surface area contributed by atoms with Gasteiger partial charge in [-0.1, -0.05) is 27.2 Å². The van der Waals surface area contributed by atoms with Crippen molar-refractivity contribution in [2.45, 2.75) is 77.5 Å². The van der Waals surface area contributed by atoms with Crippen molar-refractivity contribution in [2.75, 3.05) is 7.11 Å². The molecule has 2 nitrogen and oxygen atoms in total. The minimum atomic E-state index is 0.501. The van der Waals surface area contributed by atoms with E-state index in [-0.39, 0.29) is 0 Å². The summed E-state index contributed by atoms with van der Waals surface area (Å²) >= 11 is 0. The third kappa shape index (κ3) is 3.48. The Kier molecular flexibility index (Phi) is 5.08. The Bertz CT molecular complexity index is 253. The highest BCUT2D eigenvalue weighted by atomic mass is 16.5. The van der Waals surface area contributed by atoms with E-state index in [2.05, 4.69) is 26.1 Å². The van der Waals surface area contributed by atoms with Crippen LogP contribution in [0.5, 0.6) is 0 Å². The molecule has 1 N–H and O–H groups in total. The second kappa shape index (κ2) is 6.38. The Hall–Kier alpha value is -0.0800. The molecule has 2 heteroatoms. The molecule has 2 aliphatic rings. The molecule has 2 rings (SSSR count). The Morgan fingerprint density at radius 2 is 1.83 bits per heavy atom. The van der Waals surface area contributed by atoms with Crippen molar-refractivity contribution in [2.24, 2.45) is 17.8 Å². The van der Waals surface area contributed by atoms with Gasteiger partial charge in [-0.25, -0.2) is 0 Å². The molecule has 5 atom stereocenters. The van der Waals surface area contributed by atoms with Crippen LogP contribution in [0.4, 0.5) is 0 Å². The highest BCUT2D eigenvalue weighted by Gasteiger charge is 2.34. The first-order valence-corrected chi connectivity index (χ1v) is 7.89. The summed E-state index contributed by atoms with van der Waals surface area (Å²) < 4.78 is 5.49. The average molecular weight is 253 g/mol. The number of rotatable bonds is 4. The average Bonchev–Trinajstić information content (AvgIpc) is 2.76. The second-order valence-electron chi connectivity index (χ2n) is 6.97. The molecule has 0 bridgehead atoms. The van der Waals surface area contributed by atoms with Crippen LogP contribution < -0.4 is 5.32 Å². The van der Waals surface area contributed by atoms with Crippen molar-refractivity contribution in [3.63, 3.8) is 0 Å². The van der Waals surface area contributed by atoms with Crippen molar-refractivity contribution in [1.29, 1.82) is 0 Å². The smallest absolute Gasteiger partial charge is 0.0586 e. The summed E-state index contributed by atoms with van der Waals surface area (Å²) in [4.78, 5) is 0. The first kappa shape index (κ1) is 14.3. The minimum Gasteiger partial charge on any atom is -0.381 e. The monoisotopic (exact) mass is 253 g/mol. The van der Waals surface area contributed by atoms with Crippen molar-refractivity contribution >= 4 is 0 Å². The van der Waals surface area contributed by atoms with Gasteiger partial charge in [0.05, 0.1) is 6.10 Å². The Balaban J connectivity index is 1.88. The summed E-state index contributed by atoms with van der Waals surface area (Å²) in [5, 5.41) is 3.96. The van der Waals surface area contributed by atoms with Gasteiger partial charge in [0, 0.05) is 19.2 Å². The number of hydrogen-bond acceptors (Lipinski definition) is 2. The van der Waals surface area contributed by atoms with Crippen molar-refractivity contribution in [1.82, 2.24) is 5.32 Å². The molecule has 106 valence electrons. The van der Waals surface area contributed by atoms with Crippen molar-refractivity contribution < 1.29 is 4.74 Å². The zero-order chi connectivity index (χ0) is 13.1. The highest BCUT2D eigenvalue weighted by molar-refractivity contribution is 4.90. The Morgan fingerprint density at radius 1 is 1.06 bits per heavy atom. The van der Waals surface area contributed by atoms with Gasteiger partial charge in [-0.2, -0.15) is 0 Å². The van der Waals surface area contributed by atoms with Gasteiger partial charge in [0.1, 0.15) is 0 Å². The van der Waals surface area contributed by atoms with Gasteiger partial charge >= 0.3 is 0 Å². The first-order chi connectivity index (χ1) is 8.60. The molecular formula is C16H31NO. The lowest BCUT2D eigenvalue weighted by Gasteiger charge is -2.39. The third-order valence-corrected chi connectivity index (χ3v) is 5.19. The largest absolute Gasteiger partial charge is 0.381 e. The predicted octanol–water partition coefficient (Wildman–Crippen LogP) is 3.60. The molecule has 0 aromatic rings. The van der Waals surface area contributed by atoms with Crippen LogP contribution in [0.1, 0.15) is 59.3 Å². The van der Waals surface area contributed by atoms with Crippen LogP contribution in [0, 0.1) is 17.8 Å². The zero-order valence-electron chi connectivity index (χ0n) is 12.6. The van der Waals surface area contributed by atoms with Crippen molar-refractivity contribution in [3.05, 3.63) is 0 Å². The molecule has 2 fully saturated rings. The fraction of sp³-hybridized carbons (Fsp3) is 1.00. The van der Waals surface area contributed by atoms with Crippen LogP contribution in [-0.2, 0) is 4.74 Å². The SMILES string of the molecule is COC1CCC(NC2CC(C)CCC2C(C)C)C1. The number of hydrogen-bond donors (Lipinski definition) is 1. The molecular weight excluding hydrogens is 222 g/mol. The quantitative estimate of drug-likeness (QED) is 0.826. The summed E-state index contributed by atoms with van der Waals surface area (Å²) in [6.07, 6.45) is 8.46. The molecule has 0 spiro atoms. The maximum Gasteiger partial charge on any atom is 0.0586 e. The van der Waals surface area contributed by atoms with E-state index in [1.807, 2.05) is 7.11 Å². The fourth-order valence-electron chi connectivity index (χ4n) is 4.00. The predicted molar refractivity (Wildman–Crippen MR) is 76.7 cm³/mol. The number of methoxy groups -OCH3 is 1. The van der Waals surface area contributed by atoms with E-state index in [4.69, 9.17) is 4.74 Å². The lowest BCUT2D eigenvalue weighted by molar-refractivity contribution is 0.103. The topological polar surface area (TPSA) is 21.3 Å². The maximum absolute atomic E-state index is 5.49. The normalized spacial score (nSPS) is 41.5. The highest BCUT2D eigenvalue weighted by Crippen LogP contribution is 2.34. The first-order valence-electron chi connectivity index (χ1n) is 7.89. The molecule has 0 aromatic heterocycles. The van der Waals surface area contributed by atoms with Gasteiger partial charge in [0.15, 0.2) is 0 Å². The van der Waals surface area contributed by atoms with E-state index >= 15 is 0 Å².